The van der Waals surface area contributed by atoms with Gasteiger partial charge in [-0.3, -0.25) is 4.79 Å². The molecule has 0 aliphatic heterocycles. The number of methoxy groups -OCH3 is 1. The zero-order valence-corrected chi connectivity index (χ0v) is 11.8. The summed E-state index contributed by atoms with van der Waals surface area (Å²) in [5.41, 5.74) is 1.28. The Labute approximate surface area is 112 Å². The summed E-state index contributed by atoms with van der Waals surface area (Å²) in [6, 6.07) is 6.37. The van der Waals surface area contributed by atoms with Crippen LogP contribution in [-0.4, -0.2) is 27.2 Å². The Balaban J connectivity index is 2.78. The lowest BCUT2D eigenvalue weighted by atomic mass is 10.2. The van der Waals surface area contributed by atoms with Gasteiger partial charge in [0.15, 0.2) is 0 Å². The maximum Gasteiger partial charge on any atom is 0.311 e. The number of ether oxygens (including phenoxy) is 1. The van der Waals surface area contributed by atoms with Gasteiger partial charge in [0.1, 0.15) is 0 Å². The Morgan fingerprint density at radius 1 is 1.32 bits per heavy atom. The lowest BCUT2D eigenvalue weighted by Gasteiger charge is -2.05. The van der Waals surface area contributed by atoms with Crippen molar-refractivity contribution in [3.8, 4) is 0 Å². The maximum absolute atomic E-state index is 11.9. The molecule has 0 saturated heterocycles. The van der Waals surface area contributed by atoms with Crippen LogP contribution in [-0.2, 0) is 19.6 Å². The van der Waals surface area contributed by atoms with E-state index >= 15 is 0 Å². The van der Waals surface area contributed by atoms with Gasteiger partial charge in [-0.15, -0.1) is 0 Å². The molecular weight excluding hydrogens is 268 g/mol. The molecule has 1 aromatic carbocycles. The first-order chi connectivity index (χ1) is 8.85. The van der Waals surface area contributed by atoms with Gasteiger partial charge in [-0.25, -0.2) is 4.83 Å². The summed E-state index contributed by atoms with van der Waals surface area (Å²) in [5.74, 6) is -0.476. The van der Waals surface area contributed by atoms with E-state index in [2.05, 4.69) is 14.7 Å². The van der Waals surface area contributed by atoms with Crippen LogP contribution < -0.4 is 4.83 Å². The normalized spacial score (nSPS) is 12.1. The van der Waals surface area contributed by atoms with Gasteiger partial charge < -0.3 is 4.74 Å². The Morgan fingerprint density at radius 2 is 1.89 bits per heavy atom. The number of nitrogens with zero attached hydrogens (tertiary/aromatic N) is 1. The molecule has 0 aliphatic rings. The van der Waals surface area contributed by atoms with Crippen molar-refractivity contribution >= 4 is 21.7 Å². The molecule has 6 nitrogen and oxygen atoms in total. The smallest absolute Gasteiger partial charge is 0.311 e. The molecule has 1 N–H and O–H groups in total. The van der Waals surface area contributed by atoms with E-state index in [0.717, 1.165) is 5.56 Å². The SMILES string of the molecule is COC(=O)CC(C)=NNS(=O)(=O)c1ccc(C)cc1. The number of esters is 1. The third-order valence-electron chi connectivity index (χ3n) is 2.32. The molecule has 0 atom stereocenters. The van der Waals surface area contributed by atoms with Crippen molar-refractivity contribution in [3.05, 3.63) is 29.8 Å². The number of hydrogen-bond acceptors (Lipinski definition) is 5. The van der Waals surface area contributed by atoms with Crippen LogP contribution in [0.2, 0.25) is 0 Å². The average molecular weight is 284 g/mol. The monoisotopic (exact) mass is 284 g/mol. The Hall–Kier alpha value is -1.89. The standard InChI is InChI=1S/C12H16N2O4S/c1-9-4-6-11(7-5-9)19(16,17)14-13-10(2)8-12(15)18-3/h4-7,14H,8H2,1-3H3. The minimum atomic E-state index is -3.70. The third-order valence-corrected chi connectivity index (χ3v) is 3.54. The highest BCUT2D eigenvalue weighted by Gasteiger charge is 2.12. The Kier molecular flexibility index (Phi) is 5.05. The lowest BCUT2D eigenvalue weighted by molar-refractivity contribution is -0.139. The first kappa shape index (κ1) is 15.2. The van der Waals surface area contributed by atoms with Crippen LogP contribution in [0.4, 0.5) is 0 Å². The van der Waals surface area contributed by atoms with Gasteiger partial charge in [-0.1, -0.05) is 17.7 Å². The van der Waals surface area contributed by atoms with Crippen LogP contribution in [0.5, 0.6) is 0 Å². The molecule has 0 heterocycles. The van der Waals surface area contributed by atoms with Crippen LogP contribution in [0.25, 0.3) is 0 Å². The lowest BCUT2D eigenvalue weighted by Crippen LogP contribution is -2.20. The number of hydrogen-bond donors (Lipinski definition) is 1. The predicted octanol–water partition coefficient (Wildman–Crippen LogP) is 1.21. The van der Waals surface area contributed by atoms with Crippen molar-refractivity contribution in [1.29, 1.82) is 0 Å². The second-order valence-electron chi connectivity index (χ2n) is 4.01. The van der Waals surface area contributed by atoms with Gasteiger partial charge in [-0.05, 0) is 26.0 Å². The van der Waals surface area contributed by atoms with E-state index in [4.69, 9.17) is 0 Å². The van der Waals surface area contributed by atoms with Gasteiger partial charge in [0.25, 0.3) is 10.0 Å². The van der Waals surface area contributed by atoms with E-state index in [1.165, 1.54) is 26.2 Å². The van der Waals surface area contributed by atoms with E-state index < -0.39 is 16.0 Å². The van der Waals surface area contributed by atoms with Gasteiger partial charge in [0.2, 0.25) is 0 Å². The topological polar surface area (TPSA) is 84.8 Å². The van der Waals surface area contributed by atoms with Crippen LogP contribution in [0, 0.1) is 6.92 Å². The fraction of sp³-hybridized carbons (Fsp3) is 0.333. The summed E-state index contributed by atoms with van der Waals surface area (Å²) in [6.45, 7) is 3.40. The van der Waals surface area contributed by atoms with E-state index in [0.29, 0.717) is 5.71 Å². The quantitative estimate of drug-likeness (QED) is 0.500. The van der Waals surface area contributed by atoms with Gasteiger partial charge >= 0.3 is 5.97 Å². The number of carbonyl (C=O) groups is 1. The highest BCUT2D eigenvalue weighted by Crippen LogP contribution is 2.09. The molecule has 0 aliphatic carbocycles. The van der Waals surface area contributed by atoms with Crippen LogP contribution in [0.3, 0.4) is 0 Å². The van der Waals surface area contributed by atoms with Gasteiger partial charge in [0.05, 0.1) is 18.4 Å². The minimum Gasteiger partial charge on any atom is -0.469 e. The van der Waals surface area contributed by atoms with Crippen molar-refractivity contribution in [2.75, 3.05) is 7.11 Å². The Morgan fingerprint density at radius 3 is 2.42 bits per heavy atom. The molecule has 7 heteroatoms. The molecule has 0 spiro atoms. The first-order valence-corrected chi connectivity index (χ1v) is 7.02. The van der Waals surface area contributed by atoms with Gasteiger partial charge in [-0.2, -0.15) is 13.5 Å². The third kappa shape index (κ3) is 4.70. The summed E-state index contributed by atoms with van der Waals surface area (Å²) >= 11 is 0. The number of hydrazone groups is 1. The van der Waals surface area contributed by atoms with Crippen molar-refractivity contribution in [2.24, 2.45) is 5.10 Å². The first-order valence-electron chi connectivity index (χ1n) is 5.53. The highest BCUT2D eigenvalue weighted by molar-refractivity contribution is 7.89. The van der Waals surface area contributed by atoms with E-state index in [1.54, 1.807) is 12.1 Å². The molecule has 104 valence electrons. The molecule has 1 rings (SSSR count). The molecule has 0 aromatic heterocycles. The van der Waals surface area contributed by atoms with Crippen LogP contribution >= 0.6 is 0 Å². The van der Waals surface area contributed by atoms with Crippen LogP contribution in [0.15, 0.2) is 34.3 Å². The maximum atomic E-state index is 11.9. The fourth-order valence-corrected chi connectivity index (χ4v) is 2.10. The molecule has 1 aromatic rings. The fourth-order valence-electron chi connectivity index (χ4n) is 1.23. The summed E-state index contributed by atoms with van der Waals surface area (Å²) in [6.07, 6.45) is -0.0626. The van der Waals surface area contributed by atoms with E-state index in [-0.39, 0.29) is 11.3 Å². The molecule has 0 bridgehead atoms. The zero-order valence-electron chi connectivity index (χ0n) is 11.0. The van der Waals surface area contributed by atoms with Crippen molar-refractivity contribution in [2.45, 2.75) is 25.2 Å². The van der Waals surface area contributed by atoms with Crippen molar-refractivity contribution in [3.63, 3.8) is 0 Å². The molecule has 0 radical (unpaired) electrons. The van der Waals surface area contributed by atoms with E-state index in [1.807, 2.05) is 6.92 Å². The zero-order chi connectivity index (χ0) is 14.5. The number of sulfonamides is 1. The second-order valence-corrected chi connectivity index (χ2v) is 5.67. The summed E-state index contributed by atoms with van der Waals surface area (Å²) in [4.78, 5) is 13.2. The molecule has 0 amide bonds. The number of rotatable bonds is 5. The second kappa shape index (κ2) is 6.33. The minimum absolute atomic E-state index is 0.0626. The van der Waals surface area contributed by atoms with E-state index in [9.17, 15) is 13.2 Å². The average Bonchev–Trinajstić information content (AvgIpc) is 2.37. The Bertz CT molecular complexity index is 576. The summed E-state index contributed by atoms with van der Waals surface area (Å²) in [7, 11) is -2.45. The van der Waals surface area contributed by atoms with Crippen molar-refractivity contribution < 1.29 is 17.9 Å². The summed E-state index contributed by atoms with van der Waals surface area (Å²) < 4.78 is 28.2. The molecular formula is C12H16N2O4S. The number of aryl methyl sites for hydroxylation is 1. The number of carbonyl (C=O) groups excluding carboxylic acids is 1. The van der Waals surface area contributed by atoms with Gasteiger partial charge in [0, 0.05) is 5.71 Å². The highest BCUT2D eigenvalue weighted by atomic mass is 32.2. The van der Waals surface area contributed by atoms with Crippen LogP contribution in [0.1, 0.15) is 18.9 Å². The molecule has 0 fully saturated rings. The molecule has 19 heavy (non-hydrogen) atoms. The summed E-state index contributed by atoms with van der Waals surface area (Å²) in [5, 5.41) is 3.66. The largest absolute Gasteiger partial charge is 0.469 e. The number of benzene rings is 1. The molecule has 0 unspecified atom stereocenters. The number of nitrogens with one attached hydrogen (secondary N) is 1. The molecule has 0 saturated carbocycles. The predicted molar refractivity (Wildman–Crippen MR) is 71.2 cm³/mol. The van der Waals surface area contributed by atoms with Crippen molar-refractivity contribution in [1.82, 2.24) is 4.83 Å².